The molecule has 0 aliphatic heterocycles. The number of hydrogen-bond acceptors (Lipinski definition) is 3. The van der Waals surface area contributed by atoms with Crippen LogP contribution in [0.4, 0.5) is 10.2 Å². The van der Waals surface area contributed by atoms with Crippen LogP contribution in [0.15, 0.2) is 6.20 Å². The Hall–Kier alpha value is -0.900. The Bertz CT molecular complexity index is 361. The summed E-state index contributed by atoms with van der Waals surface area (Å²) in [5.41, 5.74) is 0. The van der Waals surface area contributed by atoms with Crippen molar-refractivity contribution in [3.63, 3.8) is 0 Å². The Morgan fingerprint density at radius 1 is 1.29 bits per heavy atom. The summed E-state index contributed by atoms with van der Waals surface area (Å²) in [4.78, 5) is 7.41. The summed E-state index contributed by atoms with van der Waals surface area (Å²) in [6.45, 7) is 9.33. The van der Waals surface area contributed by atoms with E-state index < -0.39 is 5.82 Å². The van der Waals surface area contributed by atoms with E-state index in [1.54, 1.807) is 0 Å². The van der Waals surface area contributed by atoms with E-state index in [4.69, 9.17) is 11.6 Å². The maximum Gasteiger partial charge on any atom is 0.224 e. The molecule has 1 aromatic heterocycles. The molecule has 3 nitrogen and oxygen atoms in total. The number of hydrogen-bond donors (Lipinski definition) is 1. The van der Waals surface area contributed by atoms with E-state index in [0.29, 0.717) is 24.3 Å². The maximum atomic E-state index is 13.4. The second kappa shape index (κ2) is 6.15. The van der Waals surface area contributed by atoms with Gasteiger partial charge in [-0.2, -0.15) is 4.98 Å². The lowest BCUT2D eigenvalue weighted by Gasteiger charge is -2.25. The average Bonchev–Trinajstić information content (AvgIpc) is 2.22. The Balaban J connectivity index is 2.68. The van der Waals surface area contributed by atoms with Gasteiger partial charge in [0.25, 0.3) is 0 Å². The van der Waals surface area contributed by atoms with Gasteiger partial charge in [0.2, 0.25) is 5.28 Å². The molecule has 0 atom stereocenters. The Kier molecular flexibility index (Phi) is 5.12. The Morgan fingerprint density at radius 3 is 2.41 bits per heavy atom. The molecule has 5 heteroatoms. The van der Waals surface area contributed by atoms with Gasteiger partial charge in [0.05, 0.1) is 6.20 Å². The third-order valence-electron chi connectivity index (χ3n) is 2.93. The van der Waals surface area contributed by atoms with Gasteiger partial charge in [0, 0.05) is 6.54 Å². The molecule has 0 aliphatic carbocycles. The van der Waals surface area contributed by atoms with Crippen molar-refractivity contribution in [3.8, 4) is 0 Å². The zero-order valence-corrected chi connectivity index (χ0v) is 11.4. The van der Waals surface area contributed by atoms with E-state index in [0.717, 1.165) is 6.20 Å². The molecule has 0 fully saturated rings. The van der Waals surface area contributed by atoms with Crippen LogP contribution in [0.5, 0.6) is 0 Å². The molecule has 0 saturated heterocycles. The van der Waals surface area contributed by atoms with Crippen molar-refractivity contribution in [3.05, 3.63) is 17.3 Å². The minimum absolute atomic E-state index is 0.0551. The van der Waals surface area contributed by atoms with Gasteiger partial charge >= 0.3 is 0 Å². The minimum Gasteiger partial charge on any atom is -0.367 e. The second-order valence-electron chi connectivity index (χ2n) is 4.87. The van der Waals surface area contributed by atoms with Crippen LogP contribution in [-0.4, -0.2) is 16.5 Å². The molecule has 1 rings (SSSR count). The summed E-state index contributed by atoms with van der Waals surface area (Å²) in [7, 11) is 0. The fraction of sp³-hybridized carbons (Fsp3) is 0.667. The number of aromatic nitrogens is 2. The van der Waals surface area contributed by atoms with Crippen LogP contribution in [0, 0.1) is 23.6 Å². The molecule has 0 bridgehead atoms. The molecule has 1 N–H and O–H groups in total. The number of nitrogens with zero attached hydrogens (tertiary/aromatic N) is 2. The predicted molar refractivity (Wildman–Crippen MR) is 68.7 cm³/mol. The second-order valence-corrected chi connectivity index (χ2v) is 5.21. The maximum absolute atomic E-state index is 13.4. The van der Waals surface area contributed by atoms with Gasteiger partial charge < -0.3 is 5.32 Å². The lowest BCUT2D eigenvalue weighted by Crippen LogP contribution is -2.25. The summed E-state index contributed by atoms with van der Waals surface area (Å²) >= 11 is 5.63. The summed E-state index contributed by atoms with van der Waals surface area (Å²) in [6, 6.07) is 0. The highest BCUT2D eigenvalue weighted by Gasteiger charge is 2.18. The molecule has 1 aromatic rings. The van der Waals surface area contributed by atoms with Gasteiger partial charge in [-0.1, -0.05) is 27.7 Å². The van der Waals surface area contributed by atoms with E-state index in [1.165, 1.54) is 0 Å². The van der Waals surface area contributed by atoms with Crippen LogP contribution in [0.25, 0.3) is 0 Å². The van der Waals surface area contributed by atoms with Crippen LogP contribution >= 0.6 is 11.6 Å². The fourth-order valence-corrected chi connectivity index (χ4v) is 2.06. The normalized spacial score (nSPS) is 11.6. The first-order valence-electron chi connectivity index (χ1n) is 5.83. The van der Waals surface area contributed by atoms with Crippen LogP contribution in [0.3, 0.4) is 0 Å². The third kappa shape index (κ3) is 4.11. The first kappa shape index (κ1) is 14.2. The van der Waals surface area contributed by atoms with Crippen molar-refractivity contribution in [2.24, 2.45) is 17.8 Å². The zero-order valence-electron chi connectivity index (χ0n) is 10.7. The van der Waals surface area contributed by atoms with Crippen molar-refractivity contribution < 1.29 is 4.39 Å². The summed E-state index contributed by atoms with van der Waals surface area (Å²) in [6.07, 6.45) is 1.08. The van der Waals surface area contributed by atoms with Gasteiger partial charge in [0.1, 0.15) is 0 Å². The summed E-state index contributed by atoms with van der Waals surface area (Å²) < 4.78 is 13.4. The topological polar surface area (TPSA) is 37.8 Å². The van der Waals surface area contributed by atoms with Crippen LogP contribution in [-0.2, 0) is 0 Å². The Labute approximate surface area is 107 Å². The molecule has 96 valence electrons. The van der Waals surface area contributed by atoms with E-state index >= 15 is 0 Å². The zero-order chi connectivity index (χ0) is 13.0. The van der Waals surface area contributed by atoms with Crippen LogP contribution < -0.4 is 5.32 Å². The highest BCUT2D eigenvalue weighted by Crippen LogP contribution is 2.21. The SMILES string of the molecule is CC(C)C(CNc1nc(Cl)ncc1F)C(C)C. The van der Waals surface area contributed by atoms with Crippen molar-refractivity contribution in [1.29, 1.82) is 0 Å². The minimum atomic E-state index is -0.472. The molecular formula is C12H19ClFN3. The number of halogens is 2. The van der Waals surface area contributed by atoms with E-state index in [1.807, 2.05) is 0 Å². The molecule has 0 radical (unpaired) electrons. The molecule has 0 saturated carbocycles. The first-order valence-corrected chi connectivity index (χ1v) is 6.21. The van der Waals surface area contributed by atoms with Crippen LogP contribution in [0.2, 0.25) is 5.28 Å². The molecule has 0 unspecified atom stereocenters. The lowest BCUT2D eigenvalue weighted by molar-refractivity contribution is 0.304. The molecule has 0 amide bonds. The predicted octanol–water partition coefficient (Wildman–Crippen LogP) is 3.61. The smallest absolute Gasteiger partial charge is 0.224 e. The van der Waals surface area contributed by atoms with Crippen molar-refractivity contribution in [1.82, 2.24) is 9.97 Å². The van der Waals surface area contributed by atoms with Crippen molar-refractivity contribution in [2.75, 3.05) is 11.9 Å². The van der Waals surface area contributed by atoms with Gasteiger partial charge in [-0.25, -0.2) is 9.37 Å². The first-order chi connectivity index (χ1) is 7.91. The molecule has 0 aliphatic rings. The van der Waals surface area contributed by atoms with E-state index in [-0.39, 0.29) is 11.1 Å². The highest BCUT2D eigenvalue weighted by atomic mass is 35.5. The van der Waals surface area contributed by atoms with Crippen molar-refractivity contribution >= 4 is 17.4 Å². The van der Waals surface area contributed by atoms with E-state index in [2.05, 4.69) is 43.0 Å². The fourth-order valence-electron chi connectivity index (χ4n) is 1.93. The molecule has 0 aromatic carbocycles. The molecule has 17 heavy (non-hydrogen) atoms. The third-order valence-corrected chi connectivity index (χ3v) is 3.11. The monoisotopic (exact) mass is 259 g/mol. The summed E-state index contributed by atoms with van der Waals surface area (Å²) in [5, 5.41) is 3.06. The quantitative estimate of drug-likeness (QED) is 0.821. The molecule has 1 heterocycles. The highest BCUT2D eigenvalue weighted by molar-refractivity contribution is 6.28. The summed E-state index contributed by atoms with van der Waals surface area (Å²) in [5.74, 6) is 1.23. The number of anilines is 1. The Morgan fingerprint density at radius 2 is 1.88 bits per heavy atom. The van der Waals surface area contributed by atoms with Gasteiger partial charge in [-0.15, -0.1) is 0 Å². The largest absolute Gasteiger partial charge is 0.367 e. The molecular weight excluding hydrogens is 241 g/mol. The standard InChI is InChI=1S/C12H19ClFN3/c1-7(2)9(8(3)4)5-15-11-10(14)6-16-12(13)17-11/h6-9H,5H2,1-4H3,(H,15,16,17). The number of nitrogens with one attached hydrogen (secondary N) is 1. The van der Waals surface area contributed by atoms with E-state index in [9.17, 15) is 4.39 Å². The van der Waals surface area contributed by atoms with Crippen molar-refractivity contribution in [2.45, 2.75) is 27.7 Å². The van der Waals surface area contributed by atoms with Gasteiger partial charge in [0.15, 0.2) is 11.6 Å². The lowest BCUT2D eigenvalue weighted by atomic mass is 9.85. The van der Waals surface area contributed by atoms with Gasteiger partial charge in [-0.3, -0.25) is 0 Å². The number of rotatable bonds is 5. The van der Waals surface area contributed by atoms with Gasteiger partial charge in [-0.05, 0) is 29.4 Å². The molecule has 0 spiro atoms. The van der Waals surface area contributed by atoms with Crippen LogP contribution in [0.1, 0.15) is 27.7 Å². The average molecular weight is 260 g/mol.